The molecule has 3 heterocycles. The van der Waals surface area contributed by atoms with Crippen molar-refractivity contribution in [3.05, 3.63) is 54.1 Å². The fourth-order valence-electron chi connectivity index (χ4n) is 3.32. The zero-order chi connectivity index (χ0) is 18.1. The van der Waals surface area contributed by atoms with Gasteiger partial charge in [-0.2, -0.15) is 5.10 Å². The maximum Gasteiger partial charge on any atom is 0.259 e. The second kappa shape index (κ2) is 6.84. The average Bonchev–Trinajstić information content (AvgIpc) is 3.12. The Balaban J connectivity index is 1.66. The van der Waals surface area contributed by atoms with E-state index in [-0.39, 0.29) is 11.7 Å². The molecule has 1 fully saturated rings. The topological polar surface area (TPSA) is 53.7 Å². The molecular formula is C19H20FN5O. The molecule has 1 aromatic carbocycles. The molecule has 1 saturated heterocycles. The summed E-state index contributed by atoms with van der Waals surface area (Å²) in [5.41, 5.74) is 2.61. The molecule has 4 rings (SSSR count). The molecule has 0 bridgehead atoms. The Morgan fingerprint density at radius 3 is 2.54 bits per heavy atom. The number of hydrogen-bond acceptors (Lipinski definition) is 4. The molecule has 0 atom stereocenters. The lowest BCUT2D eigenvalue weighted by Crippen LogP contribution is -2.48. The van der Waals surface area contributed by atoms with Gasteiger partial charge < -0.3 is 9.80 Å². The normalized spacial score (nSPS) is 15.5. The van der Waals surface area contributed by atoms with Crippen LogP contribution in [0.25, 0.3) is 16.9 Å². The van der Waals surface area contributed by atoms with Crippen LogP contribution in [0.1, 0.15) is 17.3 Å². The van der Waals surface area contributed by atoms with Crippen LogP contribution in [0.4, 0.5) is 4.39 Å². The molecule has 26 heavy (non-hydrogen) atoms. The number of amides is 1. The van der Waals surface area contributed by atoms with Crippen molar-refractivity contribution in [2.24, 2.45) is 0 Å². The number of hydrogen-bond donors (Lipinski definition) is 0. The summed E-state index contributed by atoms with van der Waals surface area (Å²) in [5, 5.41) is 4.37. The maximum atomic E-state index is 13.2. The lowest BCUT2D eigenvalue weighted by atomic mass is 10.1. The Morgan fingerprint density at radius 2 is 1.85 bits per heavy atom. The van der Waals surface area contributed by atoms with Crippen molar-refractivity contribution in [3.8, 4) is 11.3 Å². The lowest BCUT2D eigenvalue weighted by molar-refractivity contribution is 0.0645. The van der Waals surface area contributed by atoms with Gasteiger partial charge in [0.25, 0.3) is 5.91 Å². The average molecular weight is 353 g/mol. The highest BCUT2D eigenvalue weighted by atomic mass is 19.1. The van der Waals surface area contributed by atoms with Crippen molar-refractivity contribution in [2.75, 3.05) is 32.7 Å². The number of aromatic nitrogens is 3. The van der Waals surface area contributed by atoms with Crippen molar-refractivity contribution in [1.29, 1.82) is 0 Å². The molecule has 0 unspecified atom stereocenters. The SMILES string of the molecule is CCN1CCN(C(=O)c2cnn3c(-c4ccc(F)cc4)ccnc23)CC1. The summed E-state index contributed by atoms with van der Waals surface area (Å²) < 4.78 is 14.8. The van der Waals surface area contributed by atoms with E-state index in [0.29, 0.717) is 24.3 Å². The first-order valence-corrected chi connectivity index (χ1v) is 8.77. The number of piperazine rings is 1. The van der Waals surface area contributed by atoms with Gasteiger partial charge in [-0.15, -0.1) is 0 Å². The minimum atomic E-state index is -0.290. The van der Waals surface area contributed by atoms with Crippen LogP contribution in [-0.4, -0.2) is 63.0 Å². The minimum Gasteiger partial charge on any atom is -0.336 e. The van der Waals surface area contributed by atoms with Crippen LogP contribution in [0.2, 0.25) is 0 Å². The highest BCUT2D eigenvalue weighted by Crippen LogP contribution is 2.22. The van der Waals surface area contributed by atoms with Gasteiger partial charge in [0.1, 0.15) is 11.4 Å². The maximum absolute atomic E-state index is 13.2. The summed E-state index contributed by atoms with van der Waals surface area (Å²) in [4.78, 5) is 21.5. The molecule has 2 aromatic heterocycles. The highest BCUT2D eigenvalue weighted by molar-refractivity contribution is 6.00. The van der Waals surface area contributed by atoms with Crippen molar-refractivity contribution in [2.45, 2.75) is 6.92 Å². The highest BCUT2D eigenvalue weighted by Gasteiger charge is 2.24. The van der Waals surface area contributed by atoms with E-state index >= 15 is 0 Å². The van der Waals surface area contributed by atoms with Gasteiger partial charge in [0.15, 0.2) is 5.65 Å². The first-order chi connectivity index (χ1) is 12.7. The molecule has 0 aliphatic carbocycles. The van der Waals surface area contributed by atoms with Gasteiger partial charge in [-0.3, -0.25) is 4.79 Å². The summed E-state index contributed by atoms with van der Waals surface area (Å²) >= 11 is 0. The molecule has 3 aromatic rings. The van der Waals surface area contributed by atoms with Gasteiger partial charge in [-0.05, 0) is 36.9 Å². The smallest absolute Gasteiger partial charge is 0.259 e. The van der Waals surface area contributed by atoms with Crippen molar-refractivity contribution >= 4 is 11.6 Å². The van der Waals surface area contributed by atoms with E-state index in [9.17, 15) is 9.18 Å². The fraction of sp³-hybridized carbons (Fsp3) is 0.316. The molecule has 0 radical (unpaired) electrons. The van der Waals surface area contributed by atoms with Crippen molar-refractivity contribution in [1.82, 2.24) is 24.4 Å². The van der Waals surface area contributed by atoms with Crippen molar-refractivity contribution in [3.63, 3.8) is 0 Å². The predicted molar refractivity (Wildman–Crippen MR) is 96.4 cm³/mol. The quantitative estimate of drug-likeness (QED) is 0.725. The van der Waals surface area contributed by atoms with Crippen LogP contribution in [0.3, 0.4) is 0 Å². The van der Waals surface area contributed by atoms with Crippen molar-refractivity contribution < 1.29 is 9.18 Å². The predicted octanol–water partition coefficient (Wildman–Crippen LogP) is 2.31. The molecule has 1 aliphatic rings. The van der Waals surface area contributed by atoms with Crippen LogP contribution in [0, 0.1) is 5.82 Å². The van der Waals surface area contributed by atoms with Crippen LogP contribution in [0.15, 0.2) is 42.7 Å². The molecule has 0 N–H and O–H groups in total. The number of fused-ring (bicyclic) bond motifs is 1. The number of benzene rings is 1. The third-order valence-electron chi connectivity index (χ3n) is 4.88. The summed E-state index contributed by atoms with van der Waals surface area (Å²) in [6.07, 6.45) is 3.23. The number of carbonyl (C=O) groups excluding carboxylic acids is 1. The van der Waals surface area contributed by atoms with Gasteiger partial charge in [0.05, 0.1) is 11.9 Å². The molecule has 134 valence electrons. The fourth-order valence-corrected chi connectivity index (χ4v) is 3.32. The van der Waals surface area contributed by atoms with Gasteiger partial charge in [-0.25, -0.2) is 13.9 Å². The monoisotopic (exact) mass is 353 g/mol. The zero-order valence-electron chi connectivity index (χ0n) is 14.6. The van der Waals surface area contributed by atoms with Gasteiger partial charge in [-0.1, -0.05) is 6.92 Å². The van der Waals surface area contributed by atoms with E-state index in [1.54, 1.807) is 29.0 Å². The molecule has 6 nitrogen and oxygen atoms in total. The van der Waals surface area contributed by atoms with Crippen LogP contribution < -0.4 is 0 Å². The Labute approximate surface area is 150 Å². The Kier molecular flexibility index (Phi) is 4.38. The van der Waals surface area contributed by atoms with Gasteiger partial charge in [0.2, 0.25) is 0 Å². The summed E-state index contributed by atoms with van der Waals surface area (Å²) in [6.45, 7) is 6.32. The third kappa shape index (κ3) is 2.94. The van der Waals surface area contributed by atoms with E-state index in [4.69, 9.17) is 0 Å². The minimum absolute atomic E-state index is 0.0421. The number of likely N-dealkylation sites (N-methyl/N-ethyl adjacent to an activating group) is 1. The summed E-state index contributed by atoms with van der Waals surface area (Å²) in [6, 6.07) is 8.00. The van der Waals surface area contributed by atoms with E-state index in [2.05, 4.69) is 21.9 Å². The molecule has 1 amide bonds. The van der Waals surface area contributed by atoms with Crippen LogP contribution in [-0.2, 0) is 0 Å². The Morgan fingerprint density at radius 1 is 1.12 bits per heavy atom. The van der Waals surface area contributed by atoms with Gasteiger partial charge >= 0.3 is 0 Å². The second-order valence-electron chi connectivity index (χ2n) is 6.36. The second-order valence-corrected chi connectivity index (χ2v) is 6.36. The van der Waals surface area contributed by atoms with Crippen LogP contribution >= 0.6 is 0 Å². The third-order valence-corrected chi connectivity index (χ3v) is 4.88. The molecule has 1 aliphatic heterocycles. The lowest BCUT2D eigenvalue weighted by Gasteiger charge is -2.33. The number of rotatable bonds is 3. The number of nitrogens with zero attached hydrogens (tertiary/aromatic N) is 5. The summed E-state index contributed by atoms with van der Waals surface area (Å²) in [5.74, 6) is -0.332. The van der Waals surface area contributed by atoms with Crippen LogP contribution in [0.5, 0.6) is 0 Å². The molecule has 0 spiro atoms. The molecule has 7 heteroatoms. The summed E-state index contributed by atoms with van der Waals surface area (Å²) in [7, 11) is 0. The standard InChI is InChI=1S/C19H20FN5O/c1-2-23-9-11-24(12-10-23)19(26)16-13-22-25-17(7-8-21-18(16)25)14-3-5-15(20)6-4-14/h3-8,13H,2,9-12H2,1H3. The van der Waals surface area contributed by atoms with E-state index in [1.165, 1.54) is 12.1 Å². The van der Waals surface area contributed by atoms with E-state index in [0.717, 1.165) is 30.9 Å². The van der Waals surface area contributed by atoms with E-state index < -0.39 is 0 Å². The number of halogens is 1. The first-order valence-electron chi connectivity index (χ1n) is 8.77. The first kappa shape index (κ1) is 16.7. The number of carbonyl (C=O) groups is 1. The van der Waals surface area contributed by atoms with E-state index in [1.807, 2.05) is 11.0 Å². The Hall–Kier alpha value is -2.80. The molecule has 0 saturated carbocycles. The van der Waals surface area contributed by atoms with Gasteiger partial charge in [0, 0.05) is 37.9 Å². The zero-order valence-corrected chi connectivity index (χ0v) is 14.6. The largest absolute Gasteiger partial charge is 0.336 e. The molecular weight excluding hydrogens is 333 g/mol. The Bertz CT molecular complexity index is 929.